The van der Waals surface area contributed by atoms with Crippen molar-refractivity contribution in [2.75, 3.05) is 18.1 Å². The molecule has 0 unspecified atom stereocenters. The van der Waals surface area contributed by atoms with Gasteiger partial charge in [0.25, 0.3) is 0 Å². The third kappa shape index (κ3) is 4.65. The van der Waals surface area contributed by atoms with Crippen LogP contribution >= 0.6 is 34.9 Å². The quantitative estimate of drug-likeness (QED) is 0.337. The van der Waals surface area contributed by atoms with Crippen LogP contribution in [0.2, 0.25) is 0 Å². The van der Waals surface area contributed by atoms with E-state index in [0.29, 0.717) is 12.3 Å². The Morgan fingerprint density at radius 1 is 1.19 bits per heavy atom. The number of hydrogen-bond acceptors (Lipinski definition) is 6. The van der Waals surface area contributed by atoms with Crippen LogP contribution in [0.3, 0.4) is 0 Å². The number of hydrogen-bond donors (Lipinski definition) is 1. The van der Waals surface area contributed by atoms with Gasteiger partial charge in [-0.05, 0) is 30.4 Å². The van der Waals surface area contributed by atoms with Crippen molar-refractivity contribution in [1.82, 2.24) is 15.3 Å². The molecule has 1 aliphatic rings. The molecule has 3 aromatic rings. The number of fused-ring (bicyclic) bond motifs is 3. The first-order chi connectivity index (χ1) is 13.3. The van der Waals surface area contributed by atoms with Crippen LogP contribution in [-0.4, -0.2) is 33.9 Å². The van der Waals surface area contributed by atoms with Crippen LogP contribution in [0.1, 0.15) is 22.4 Å². The van der Waals surface area contributed by atoms with Crippen molar-refractivity contribution in [2.45, 2.75) is 30.0 Å². The van der Waals surface area contributed by atoms with Gasteiger partial charge < -0.3 is 5.32 Å². The van der Waals surface area contributed by atoms with Crippen LogP contribution in [0.25, 0.3) is 10.2 Å². The predicted octanol–water partition coefficient (Wildman–Crippen LogP) is 4.32. The molecule has 2 heterocycles. The summed E-state index contributed by atoms with van der Waals surface area (Å²) in [7, 11) is 0. The van der Waals surface area contributed by atoms with Gasteiger partial charge in [0.15, 0.2) is 0 Å². The second-order valence-corrected chi connectivity index (χ2v) is 9.55. The van der Waals surface area contributed by atoms with Crippen molar-refractivity contribution in [3.05, 3.63) is 52.7 Å². The molecule has 0 saturated carbocycles. The summed E-state index contributed by atoms with van der Waals surface area (Å²) >= 11 is 5.15. The molecule has 0 bridgehead atoms. The molecule has 0 spiro atoms. The average Bonchev–Trinajstić information content (AvgIpc) is 3.28. The molecule has 1 N–H and O–H groups in total. The number of amides is 1. The van der Waals surface area contributed by atoms with Gasteiger partial charge in [0.2, 0.25) is 5.91 Å². The highest BCUT2D eigenvalue weighted by molar-refractivity contribution is 8.00. The van der Waals surface area contributed by atoms with Crippen LogP contribution in [0.15, 0.2) is 41.7 Å². The number of carbonyl (C=O) groups is 1. The largest absolute Gasteiger partial charge is 0.355 e. The number of thioether (sulfide) groups is 2. The van der Waals surface area contributed by atoms with E-state index in [2.05, 4.69) is 39.6 Å². The zero-order valence-electron chi connectivity index (χ0n) is 14.9. The molecule has 0 radical (unpaired) electrons. The van der Waals surface area contributed by atoms with E-state index in [-0.39, 0.29) is 5.91 Å². The number of nitrogens with one attached hydrogen (secondary N) is 1. The number of aryl methyl sites for hydroxylation is 2. The van der Waals surface area contributed by atoms with E-state index in [4.69, 9.17) is 0 Å². The molecule has 1 aliphatic carbocycles. The summed E-state index contributed by atoms with van der Waals surface area (Å²) in [5.41, 5.74) is 2.73. The van der Waals surface area contributed by atoms with Crippen molar-refractivity contribution in [2.24, 2.45) is 0 Å². The van der Waals surface area contributed by atoms with E-state index < -0.39 is 0 Å². The van der Waals surface area contributed by atoms with Crippen molar-refractivity contribution in [3.63, 3.8) is 0 Å². The van der Waals surface area contributed by atoms with Gasteiger partial charge in [-0.2, -0.15) is 11.8 Å². The minimum absolute atomic E-state index is 0.0685. The third-order valence-electron chi connectivity index (χ3n) is 4.49. The highest BCUT2D eigenvalue weighted by Crippen LogP contribution is 2.39. The fourth-order valence-corrected chi connectivity index (χ4v) is 6.19. The lowest BCUT2D eigenvalue weighted by molar-refractivity contribution is -0.118. The monoisotopic (exact) mass is 415 g/mol. The fourth-order valence-electron chi connectivity index (χ4n) is 3.22. The first-order valence-electron chi connectivity index (χ1n) is 9.07. The van der Waals surface area contributed by atoms with E-state index >= 15 is 0 Å². The minimum atomic E-state index is 0.0685. The highest BCUT2D eigenvalue weighted by atomic mass is 32.2. The number of nitrogens with zero attached hydrogens (tertiary/aromatic N) is 2. The zero-order chi connectivity index (χ0) is 18.5. The number of benzene rings is 1. The van der Waals surface area contributed by atoms with E-state index in [0.717, 1.165) is 34.2 Å². The SMILES string of the molecule is O=C(CSc1ncnc2sc3c(c12)CCC3)NCCSCc1ccccc1. The van der Waals surface area contributed by atoms with E-state index in [1.54, 1.807) is 17.7 Å². The van der Waals surface area contributed by atoms with Gasteiger partial charge in [0.1, 0.15) is 16.2 Å². The molecule has 2 aromatic heterocycles. The van der Waals surface area contributed by atoms with Crippen molar-refractivity contribution < 1.29 is 4.79 Å². The smallest absolute Gasteiger partial charge is 0.230 e. The van der Waals surface area contributed by atoms with Crippen LogP contribution in [-0.2, 0) is 23.4 Å². The van der Waals surface area contributed by atoms with Crippen molar-refractivity contribution >= 4 is 51.0 Å². The normalized spacial score (nSPS) is 13.0. The molecule has 0 aliphatic heterocycles. The summed E-state index contributed by atoms with van der Waals surface area (Å²) in [4.78, 5) is 23.6. The molecule has 4 rings (SSSR count). The minimum Gasteiger partial charge on any atom is -0.355 e. The van der Waals surface area contributed by atoms with Gasteiger partial charge in [-0.25, -0.2) is 9.97 Å². The number of rotatable bonds is 8. The molecule has 0 saturated heterocycles. The standard InChI is InChI=1S/C20H21N3OS3/c24-17(21-9-10-25-11-14-5-2-1-3-6-14)12-26-19-18-15-7-4-8-16(15)27-20(18)23-13-22-19/h1-3,5-6,13H,4,7-12H2,(H,21,24). The Bertz CT molecular complexity index is 927. The topological polar surface area (TPSA) is 54.9 Å². The summed E-state index contributed by atoms with van der Waals surface area (Å²) in [6.45, 7) is 0.698. The van der Waals surface area contributed by atoms with Gasteiger partial charge in [0.05, 0.1) is 5.75 Å². The average molecular weight is 416 g/mol. The Labute approximate surface area is 171 Å². The summed E-state index contributed by atoms with van der Waals surface area (Å²) in [5, 5.41) is 5.15. The lowest BCUT2D eigenvalue weighted by Gasteiger charge is -2.06. The van der Waals surface area contributed by atoms with Crippen LogP contribution in [0.4, 0.5) is 0 Å². The van der Waals surface area contributed by atoms with Gasteiger partial charge in [-0.1, -0.05) is 42.1 Å². The molecule has 4 nitrogen and oxygen atoms in total. The van der Waals surface area contributed by atoms with Gasteiger partial charge in [-0.3, -0.25) is 4.79 Å². The van der Waals surface area contributed by atoms with Gasteiger partial charge in [-0.15, -0.1) is 11.3 Å². The first-order valence-corrected chi connectivity index (χ1v) is 12.0. The third-order valence-corrected chi connectivity index (χ3v) is 7.71. The summed E-state index contributed by atoms with van der Waals surface area (Å²) in [6.07, 6.45) is 5.11. The molecule has 0 fully saturated rings. The Balaban J connectivity index is 1.23. The Morgan fingerprint density at radius 3 is 2.96 bits per heavy atom. The number of thiophene rings is 1. The molecular formula is C20H21N3OS3. The van der Waals surface area contributed by atoms with Crippen LogP contribution in [0, 0.1) is 0 Å². The molecule has 7 heteroatoms. The second kappa shape index (κ2) is 9.08. The van der Waals surface area contributed by atoms with E-state index in [9.17, 15) is 4.79 Å². The Hall–Kier alpha value is -1.57. The van der Waals surface area contributed by atoms with Crippen molar-refractivity contribution in [1.29, 1.82) is 0 Å². The molecule has 27 heavy (non-hydrogen) atoms. The Kier molecular flexibility index (Phi) is 6.32. The lowest BCUT2D eigenvalue weighted by Crippen LogP contribution is -2.27. The molecule has 140 valence electrons. The maximum Gasteiger partial charge on any atom is 0.230 e. The van der Waals surface area contributed by atoms with Gasteiger partial charge >= 0.3 is 0 Å². The lowest BCUT2D eigenvalue weighted by atomic mass is 10.2. The Morgan fingerprint density at radius 2 is 2.07 bits per heavy atom. The summed E-state index contributed by atoms with van der Waals surface area (Å²) in [5.74, 6) is 2.37. The number of carbonyl (C=O) groups excluding carboxylic acids is 1. The molecule has 1 aromatic carbocycles. The fraction of sp³-hybridized carbons (Fsp3) is 0.350. The second-order valence-electron chi connectivity index (χ2n) is 6.39. The predicted molar refractivity (Wildman–Crippen MR) is 116 cm³/mol. The zero-order valence-corrected chi connectivity index (χ0v) is 17.4. The van der Waals surface area contributed by atoms with Crippen LogP contribution in [0.5, 0.6) is 0 Å². The highest BCUT2D eigenvalue weighted by Gasteiger charge is 2.21. The maximum absolute atomic E-state index is 12.2. The van der Waals surface area contributed by atoms with Gasteiger partial charge in [0, 0.05) is 28.3 Å². The summed E-state index contributed by atoms with van der Waals surface area (Å²) in [6, 6.07) is 10.4. The first kappa shape index (κ1) is 18.8. The summed E-state index contributed by atoms with van der Waals surface area (Å²) < 4.78 is 0. The molecule has 0 atom stereocenters. The molecular weight excluding hydrogens is 394 g/mol. The van der Waals surface area contributed by atoms with E-state index in [1.165, 1.54) is 39.6 Å². The van der Waals surface area contributed by atoms with Crippen LogP contribution < -0.4 is 5.32 Å². The van der Waals surface area contributed by atoms with Crippen molar-refractivity contribution in [3.8, 4) is 0 Å². The maximum atomic E-state index is 12.2. The number of aromatic nitrogens is 2. The van der Waals surface area contributed by atoms with E-state index in [1.807, 2.05) is 17.8 Å². The molecule has 1 amide bonds.